The zero-order valence-corrected chi connectivity index (χ0v) is 20.6. The number of hydrogen-bond donors (Lipinski definition) is 2. The molecule has 2 N–H and O–H groups in total. The molecular weight excluding hydrogens is 467 g/mol. The normalized spacial score (nSPS) is 14.5. The fraction of sp³-hybridized carbons (Fsp3) is 0.269. The molecule has 0 atom stereocenters. The molecule has 0 spiro atoms. The fourth-order valence-electron chi connectivity index (χ4n) is 4.11. The first-order valence-electron chi connectivity index (χ1n) is 11.5. The van der Waals surface area contributed by atoms with E-state index >= 15 is 0 Å². The lowest BCUT2D eigenvalue weighted by molar-refractivity contribution is 0.102. The number of hydrogen-bond acceptors (Lipinski definition) is 5. The van der Waals surface area contributed by atoms with Crippen LogP contribution in [-0.2, 0) is 10.0 Å². The van der Waals surface area contributed by atoms with Crippen molar-refractivity contribution in [3.05, 3.63) is 83.7 Å². The largest absolute Gasteiger partial charge is 0.367 e. The van der Waals surface area contributed by atoms with E-state index in [4.69, 9.17) is 0 Å². The first kappa shape index (κ1) is 24.7. The molecule has 0 unspecified atom stereocenters. The van der Waals surface area contributed by atoms with E-state index in [1.807, 2.05) is 24.3 Å². The fourth-order valence-corrected chi connectivity index (χ4v) is 5.44. The van der Waals surface area contributed by atoms with Crippen LogP contribution in [0.5, 0.6) is 0 Å². The summed E-state index contributed by atoms with van der Waals surface area (Å²) in [6, 6.07) is 17.2. The first-order valence-corrected chi connectivity index (χ1v) is 13.0. The molecule has 1 aliphatic heterocycles. The zero-order chi connectivity index (χ0) is 25.0. The van der Waals surface area contributed by atoms with Crippen molar-refractivity contribution in [2.45, 2.75) is 18.7 Å². The third-order valence-corrected chi connectivity index (χ3v) is 7.67. The molecule has 0 bridgehead atoms. The van der Waals surface area contributed by atoms with E-state index in [9.17, 15) is 17.6 Å². The molecule has 9 heteroatoms. The van der Waals surface area contributed by atoms with E-state index in [0.717, 1.165) is 38.4 Å². The van der Waals surface area contributed by atoms with E-state index < -0.39 is 21.7 Å². The Morgan fingerprint density at radius 1 is 0.971 bits per heavy atom. The molecule has 0 saturated carbocycles. The van der Waals surface area contributed by atoms with Gasteiger partial charge in [-0.15, -0.1) is 0 Å². The summed E-state index contributed by atoms with van der Waals surface area (Å²) in [6.45, 7) is 8.46. The van der Waals surface area contributed by atoms with E-state index in [1.165, 1.54) is 30.3 Å². The predicted molar refractivity (Wildman–Crippen MR) is 137 cm³/mol. The highest BCUT2D eigenvalue weighted by Crippen LogP contribution is 2.28. The smallest absolute Gasteiger partial charge is 0.262 e. The van der Waals surface area contributed by atoms with Gasteiger partial charge in [0, 0.05) is 37.4 Å². The number of carbonyl (C=O) groups is 1. The van der Waals surface area contributed by atoms with Crippen molar-refractivity contribution in [2.24, 2.45) is 0 Å². The molecule has 184 valence electrons. The molecule has 3 aromatic carbocycles. The Balaban J connectivity index is 1.55. The van der Waals surface area contributed by atoms with Gasteiger partial charge in [0.15, 0.2) is 0 Å². The molecule has 7 nitrogen and oxygen atoms in total. The molecule has 1 fully saturated rings. The number of rotatable bonds is 7. The molecule has 3 aromatic rings. The van der Waals surface area contributed by atoms with Crippen LogP contribution in [-0.4, -0.2) is 51.9 Å². The van der Waals surface area contributed by atoms with Gasteiger partial charge >= 0.3 is 0 Å². The van der Waals surface area contributed by atoms with Gasteiger partial charge in [-0.25, -0.2) is 12.8 Å². The summed E-state index contributed by atoms with van der Waals surface area (Å²) in [5.41, 5.74) is 2.56. The van der Waals surface area contributed by atoms with Crippen molar-refractivity contribution in [3.8, 4) is 0 Å². The number of nitrogens with zero attached hydrogens (tertiary/aromatic N) is 2. The standard InChI is InChI=1S/C26H29FN4O3S/c1-3-30-14-16-31(17-15-30)24-7-5-4-6-23(24)28-26(32)20-9-8-19(2)25(18-20)35(33,34)29-22-12-10-21(27)11-13-22/h4-13,18,29H,3,14-17H2,1-2H3,(H,28,32). The van der Waals surface area contributed by atoms with Crippen molar-refractivity contribution in [2.75, 3.05) is 47.7 Å². The third-order valence-electron chi connectivity index (χ3n) is 6.15. The Bertz CT molecular complexity index is 1300. The van der Waals surface area contributed by atoms with Crippen molar-refractivity contribution < 1.29 is 17.6 Å². The van der Waals surface area contributed by atoms with Gasteiger partial charge in [-0.3, -0.25) is 9.52 Å². The number of nitrogens with one attached hydrogen (secondary N) is 2. The van der Waals surface area contributed by atoms with Gasteiger partial charge < -0.3 is 15.1 Å². The number of likely N-dealkylation sites (N-methyl/N-ethyl adjacent to an activating group) is 1. The van der Waals surface area contributed by atoms with Gasteiger partial charge in [-0.2, -0.15) is 0 Å². The molecule has 0 radical (unpaired) electrons. The van der Waals surface area contributed by atoms with Crippen LogP contribution in [0, 0.1) is 12.7 Å². The lowest BCUT2D eigenvalue weighted by Crippen LogP contribution is -2.46. The minimum Gasteiger partial charge on any atom is -0.367 e. The summed E-state index contributed by atoms with van der Waals surface area (Å²) in [4.78, 5) is 17.8. The lowest BCUT2D eigenvalue weighted by Gasteiger charge is -2.36. The summed E-state index contributed by atoms with van der Waals surface area (Å²) in [6.07, 6.45) is 0. The zero-order valence-electron chi connectivity index (χ0n) is 19.8. The van der Waals surface area contributed by atoms with E-state index in [-0.39, 0.29) is 16.1 Å². The second-order valence-corrected chi connectivity index (χ2v) is 10.1. The van der Waals surface area contributed by atoms with Crippen LogP contribution in [0.15, 0.2) is 71.6 Å². The highest BCUT2D eigenvalue weighted by atomic mass is 32.2. The third kappa shape index (κ3) is 5.80. The van der Waals surface area contributed by atoms with Crippen LogP contribution in [0.2, 0.25) is 0 Å². The number of para-hydroxylation sites is 2. The first-order chi connectivity index (χ1) is 16.8. The second-order valence-electron chi connectivity index (χ2n) is 8.49. The maximum atomic E-state index is 13.2. The van der Waals surface area contributed by atoms with Gasteiger partial charge in [-0.1, -0.05) is 25.1 Å². The summed E-state index contributed by atoms with van der Waals surface area (Å²) in [5.74, 6) is -0.863. The Hall–Kier alpha value is -3.43. The summed E-state index contributed by atoms with van der Waals surface area (Å²) in [7, 11) is -3.98. The Morgan fingerprint density at radius 2 is 1.66 bits per heavy atom. The van der Waals surface area contributed by atoms with E-state index in [0.29, 0.717) is 11.3 Å². The summed E-state index contributed by atoms with van der Waals surface area (Å²) >= 11 is 0. The number of aryl methyl sites for hydroxylation is 1. The van der Waals surface area contributed by atoms with Crippen LogP contribution in [0.3, 0.4) is 0 Å². The molecule has 4 rings (SSSR count). The highest BCUT2D eigenvalue weighted by molar-refractivity contribution is 7.92. The molecular formula is C26H29FN4O3S. The summed E-state index contributed by atoms with van der Waals surface area (Å²) < 4.78 is 41.6. The minimum atomic E-state index is -3.98. The van der Waals surface area contributed by atoms with Gasteiger partial charge in [0.2, 0.25) is 0 Å². The Morgan fingerprint density at radius 3 is 2.34 bits per heavy atom. The molecule has 1 heterocycles. The van der Waals surface area contributed by atoms with Crippen LogP contribution >= 0.6 is 0 Å². The maximum absolute atomic E-state index is 13.2. The number of benzene rings is 3. The van der Waals surface area contributed by atoms with Crippen molar-refractivity contribution in [3.63, 3.8) is 0 Å². The number of amides is 1. The average molecular weight is 497 g/mol. The number of piperazine rings is 1. The van der Waals surface area contributed by atoms with Gasteiger partial charge in [0.05, 0.1) is 16.3 Å². The molecule has 35 heavy (non-hydrogen) atoms. The maximum Gasteiger partial charge on any atom is 0.262 e. The SMILES string of the molecule is CCN1CCN(c2ccccc2NC(=O)c2ccc(C)c(S(=O)(=O)Nc3ccc(F)cc3)c2)CC1. The van der Waals surface area contributed by atoms with E-state index in [2.05, 4.69) is 26.8 Å². The number of sulfonamides is 1. The molecule has 0 aliphatic carbocycles. The van der Waals surface area contributed by atoms with Crippen molar-refractivity contribution >= 4 is 33.0 Å². The van der Waals surface area contributed by atoms with Crippen LogP contribution in [0.4, 0.5) is 21.5 Å². The van der Waals surface area contributed by atoms with Crippen LogP contribution in [0.1, 0.15) is 22.8 Å². The summed E-state index contributed by atoms with van der Waals surface area (Å²) in [5, 5.41) is 2.95. The number of carbonyl (C=O) groups excluding carboxylic acids is 1. The highest BCUT2D eigenvalue weighted by Gasteiger charge is 2.22. The average Bonchev–Trinajstić information content (AvgIpc) is 2.86. The Kier molecular flexibility index (Phi) is 7.37. The van der Waals surface area contributed by atoms with Gasteiger partial charge in [0.25, 0.3) is 15.9 Å². The second kappa shape index (κ2) is 10.5. The molecule has 1 aliphatic rings. The van der Waals surface area contributed by atoms with Crippen molar-refractivity contribution in [1.29, 1.82) is 0 Å². The van der Waals surface area contributed by atoms with Crippen LogP contribution < -0.4 is 14.9 Å². The number of halogens is 1. The monoisotopic (exact) mass is 496 g/mol. The van der Waals surface area contributed by atoms with Crippen molar-refractivity contribution in [1.82, 2.24) is 4.90 Å². The van der Waals surface area contributed by atoms with Gasteiger partial charge in [0.1, 0.15) is 5.82 Å². The molecule has 0 aromatic heterocycles. The topological polar surface area (TPSA) is 81.8 Å². The molecule has 1 amide bonds. The molecule has 1 saturated heterocycles. The van der Waals surface area contributed by atoms with Gasteiger partial charge in [-0.05, 0) is 67.6 Å². The van der Waals surface area contributed by atoms with E-state index in [1.54, 1.807) is 19.1 Å². The van der Waals surface area contributed by atoms with Crippen LogP contribution in [0.25, 0.3) is 0 Å². The minimum absolute atomic E-state index is 0.0153. The number of anilines is 3. The predicted octanol–water partition coefficient (Wildman–Crippen LogP) is 4.33. The quantitative estimate of drug-likeness (QED) is 0.509. The lowest BCUT2D eigenvalue weighted by atomic mass is 10.1. The Labute approximate surface area is 205 Å².